The maximum Gasteiger partial charge on any atom is 0.223 e. The molecule has 37 heavy (non-hydrogen) atoms. The zero-order chi connectivity index (χ0) is 25.4. The Labute approximate surface area is 219 Å². The fourth-order valence-corrected chi connectivity index (χ4v) is 6.37. The molecule has 2 aromatic heterocycles. The first-order chi connectivity index (χ1) is 18.0. The van der Waals surface area contributed by atoms with Crippen molar-refractivity contribution in [3.05, 3.63) is 82.8 Å². The van der Waals surface area contributed by atoms with Crippen LogP contribution in [-0.2, 0) is 11.3 Å². The second-order valence-electron chi connectivity index (χ2n) is 11.1. The standard InChI is InChI=1S/C31H35N5O/c1-21-11-23(18-35(17-21)19-24-13-25-5-3-4-6-29(25)33-15-24)14-30(37)36-10-8-27-16-34-31(28(27)20-36)26-7-9-32-22(2)12-26/h3-7,9,12-13,15,21,23H,8,10-11,14,16-20H2,1-2H3. The predicted molar refractivity (Wildman–Crippen MR) is 148 cm³/mol. The summed E-state index contributed by atoms with van der Waals surface area (Å²) in [6, 6.07) is 14.7. The van der Waals surface area contributed by atoms with Gasteiger partial charge in [-0.2, -0.15) is 0 Å². The van der Waals surface area contributed by atoms with Gasteiger partial charge in [0.2, 0.25) is 5.91 Å². The van der Waals surface area contributed by atoms with E-state index in [2.05, 4.69) is 57.0 Å². The van der Waals surface area contributed by atoms with E-state index in [1.54, 1.807) is 0 Å². The normalized spacial score (nSPS) is 22.3. The Morgan fingerprint density at radius 3 is 2.89 bits per heavy atom. The third-order valence-electron chi connectivity index (χ3n) is 8.03. The van der Waals surface area contributed by atoms with E-state index in [1.165, 1.54) is 22.1 Å². The summed E-state index contributed by atoms with van der Waals surface area (Å²) in [5.41, 5.74) is 8.10. The SMILES string of the molecule is Cc1cc(C2=NCC3=C2CN(C(=O)CC2CC(C)CN(Cc4cnc5ccccc5c4)C2)CC3)ccn1. The molecule has 0 bridgehead atoms. The largest absolute Gasteiger partial charge is 0.338 e. The molecule has 6 heteroatoms. The van der Waals surface area contributed by atoms with Crippen LogP contribution in [0.25, 0.3) is 10.9 Å². The number of aryl methyl sites for hydroxylation is 1. The van der Waals surface area contributed by atoms with Crippen molar-refractivity contribution in [1.82, 2.24) is 19.8 Å². The summed E-state index contributed by atoms with van der Waals surface area (Å²) in [7, 11) is 0. The number of nitrogens with zero attached hydrogens (tertiary/aromatic N) is 5. The average Bonchev–Trinajstić information content (AvgIpc) is 3.32. The molecule has 3 aliphatic rings. The number of benzene rings is 1. The van der Waals surface area contributed by atoms with Crippen molar-refractivity contribution in [3.8, 4) is 0 Å². The van der Waals surface area contributed by atoms with E-state index in [0.717, 1.165) is 68.1 Å². The number of carbonyl (C=O) groups excluding carboxylic acids is 1. The van der Waals surface area contributed by atoms with E-state index in [9.17, 15) is 4.79 Å². The van der Waals surface area contributed by atoms with Gasteiger partial charge in [-0.1, -0.05) is 25.1 Å². The smallest absolute Gasteiger partial charge is 0.223 e. The molecule has 6 rings (SSSR count). The number of hydrogen-bond donors (Lipinski definition) is 0. The molecule has 2 unspecified atom stereocenters. The molecule has 3 aromatic rings. The Morgan fingerprint density at radius 1 is 1.11 bits per heavy atom. The summed E-state index contributed by atoms with van der Waals surface area (Å²) in [6.45, 7) is 9.52. The van der Waals surface area contributed by atoms with E-state index in [4.69, 9.17) is 4.99 Å². The summed E-state index contributed by atoms with van der Waals surface area (Å²) in [5.74, 6) is 1.26. The van der Waals surface area contributed by atoms with Crippen molar-refractivity contribution < 1.29 is 4.79 Å². The van der Waals surface area contributed by atoms with Crippen LogP contribution in [0.15, 0.2) is 71.0 Å². The number of likely N-dealkylation sites (tertiary alicyclic amines) is 1. The quantitative estimate of drug-likeness (QED) is 0.511. The van der Waals surface area contributed by atoms with Crippen LogP contribution in [0.5, 0.6) is 0 Å². The third-order valence-corrected chi connectivity index (χ3v) is 8.03. The van der Waals surface area contributed by atoms with Gasteiger partial charge in [0.15, 0.2) is 0 Å². The molecule has 6 nitrogen and oxygen atoms in total. The molecule has 1 amide bonds. The van der Waals surface area contributed by atoms with Gasteiger partial charge in [-0.3, -0.25) is 24.7 Å². The second-order valence-corrected chi connectivity index (χ2v) is 11.1. The lowest BCUT2D eigenvalue weighted by atomic mass is 9.87. The van der Waals surface area contributed by atoms with Crippen molar-refractivity contribution in [2.45, 2.75) is 39.7 Å². The zero-order valence-corrected chi connectivity index (χ0v) is 21.9. The topological polar surface area (TPSA) is 61.7 Å². The molecule has 190 valence electrons. The molecule has 0 aliphatic carbocycles. The molecular weight excluding hydrogens is 458 g/mol. The lowest BCUT2D eigenvalue weighted by Crippen LogP contribution is -2.43. The zero-order valence-electron chi connectivity index (χ0n) is 21.9. The van der Waals surface area contributed by atoms with Crippen LogP contribution >= 0.6 is 0 Å². The van der Waals surface area contributed by atoms with Gasteiger partial charge in [-0.15, -0.1) is 0 Å². The molecule has 0 radical (unpaired) electrons. The highest BCUT2D eigenvalue weighted by molar-refractivity contribution is 6.15. The van der Waals surface area contributed by atoms with Crippen LogP contribution in [0.3, 0.4) is 0 Å². The van der Waals surface area contributed by atoms with Gasteiger partial charge in [0, 0.05) is 68.2 Å². The number of carbonyl (C=O) groups is 1. The second kappa shape index (κ2) is 10.2. The predicted octanol–water partition coefficient (Wildman–Crippen LogP) is 4.82. The number of aliphatic imine (C=N–C) groups is 1. The van der Waals surface area contributed by atoms with E-state index in [1.807, 2.05) is 31.5 Å². The number of pyridine rings is 2. The molecule has 5 heterocycles. The van der Waals surface area contributed by atoms with Crippen LogP contribution in [-0.4, -0.2) is 64.1 Å². The molecule has 1 fully saturated rings. The van der Waals surface area contributed by atoms with Crippen LogP contribution in [0.2, 0.25) is 0 Å². The summed E-state index contributed by atoms with van der Waals surface area (Å²) in [5, 5.41) is 1.19. The Kier molecular flexibility index (Phi) is 6.59. The highest BCUT2D eigenvalue weighted by Crippen LogP contribution is 2.30. The fraction of sp³-hybridized carbons (Fsp3) is 0.419. The lowest BCUT2D eigenvalue weighted by Gasteiger charge is -2.37. The average molecular weight is 494 g/mol. The van der Waals surface area contributed by atoms with Crippen LogP contribution in [0.4, 0.5) is 0 Å². The molecular formula is C31H35N5O. The first-order valence-corrected chi connectivity index (χ1v) is 13.5. The Morgan fingerprint density at radius 2 is 2.00 bits per heavy atom. The van der Waals surface area contributed by atoms with E-state index in [0.29, 0.717) is 24.8 Å². The minimum absolute atomic E-state index is 0.287. The van der Waals surface area contributed by atoms with Crippen molar-refractivity contribution in [3.63, 3.8) is 0 Å². The van der Waals surface area contributed by atoms with Gasteiger partial charge >= 0.3 is 0 Å². The minimum Gasteiger partial charge on any atom is -0.338 e. The summed E-state index contributed by atoms with van der Waals surface area (Å²) >= 11 is 0. The van der Waals surface area contributed by atoms with E-state index < -0.39 is 0 Å². The molecule has 1 saturated heterocycles. The highest BCUT2D eigenvalue weighted by Gasteiger charge is 2.32. The van der Waals surface area contributed by atoms with Crippen LogP contribution < -0.4 is 0 Å². The minimum atomic E-state index is 0.287. The monoisotopic (exact) mass is 493 g/mol. The molecule has 0 spiro atoms. The van der Waals surface area contributed by atoms with Gasteiger partial charge in [-0.25, -0.2) is 0 Å². The van der Waals surface area contributed by atoms with Crippen molar-refractivity contribution in [2.24, 2.45) is 16.8 Å². The summed E-state index contributed by atoms with van der Waals surface area (Å²) in [4.78, 5) is 31.9. The Balaban J connectivity index is 1.09. The summed E-state index contributed by atoms with van der Waals surface area (Å²) in [6.07, 6.45) is 6.52. The maximum absolute atomic E-state index is 13.5. The van der Waals surface area contributed by atoms with Crippen molar-refractivity contribution in [1.29, 1.82) is 0 Å². The number of para-hydroxylation sites is 1. The van der Waals surface area contributed by atoms with Gasteiger partial charge in [-0.05, 0) is 72.6 Å². The van der Waals surface area contributed by atoms with Gasteiger partial charge in [0.1, 0.15) is 0 Å². The molecule has 1 aromatic carbocycles. The number of piperidine rings is 1. The third kappa shape index (κ3) is 5.21. The molecule has 3 aliphatic heterocycles. The summed E-state index contributed by atoms with van der Waals surface area (Å²) < 4.78 is 0. The van der Waals surface area contributed by atoms with Gasteiger partial charge in [0.05, 0.1) is 17.8 Å². The molecule has 2 atom stereocenters. The van der Waals surface area contributed by atoms with Crippen LogP contribution in [0, 0.1) is 18.8 Å². The molecule has 0 saturated carbocycles. The van der Waals surface area contributed by atoms with Crippen molar-refractivity contribution >= 4 is 22.5 Å². The first-order valence-electron chi connectivity index (χ1n) is 13.5. The van der Waals surface area contributed by atoms with Crippen LogP contribution in [0.1, 0.15) is 43.0 Å². The number of rotatable bonds is 5. The van der Waals surface area contributed by atoms with Gasteiger partial charge < -0.3 is 4.90 Å². The van der Waals surface area contributed by atoms with E-state index in [-0.39, 0.29) is 5.91 Å². The molecule has 0 N–H and O–H groups in total. The van der Waals surface area contributed by atoms with E-state index >= 15 is 0 Å². The number of amides is 1. The maximum atomic E-state index is 13.5. The Hall–Kier alpha value is -3.38. The number of fused-ring (bicyclic) bond motifs is 1. The van der Waals surface area contributed by atoms with Crippen molar-refractivity contribution in [2.75, 3.05) is 32.7 Å². The fourth-order valence-electron chi connectivity index (χ4n) is 6.37. The Bertz CT molecular complexity index is 1390. The highest BCUT2D eigenvalue weighted by atomic mass is 16.2. The first kappa shape index (κ1) is 24.0. The number of hydrogen-bond acceptors (Lipinski definition) is 5. The number of aromatic nitrogens is 2. The van der Waals surface area contributed by atoms with Gasteiger partial charge in [0.25, 0.3) is 0 Å². The lowest BCUT2D eigenvalue weighted by molar-refractivity contribution is -0.132.